The van der Waals surface area contributed by atoms with Gasteiger partial charge in [0.2, 0.25) is 10.0 Å². The molecular formula is C18H20F3N3O5S. The van der Waals surface area contributed by atoms with Crippen LogP contribution in [0.3, 0.4) is 0 Å². The van der Waals surface area contributed by atoms with Crippen LogP contribution in [0.25, 0.3) is 0 Å². The third-order valence-electron chi connectivity index (χ3n) is 4.53. The third kappa shape index (κ3) is 4.75. The summed E-state index contributed by atoms with van der Waals surface area (Å²) in [5, 5.41) is 0. The Morgan fingerprint density at radius 2 is 1.87 bits per heavy atom. The summed E-state index contributed by atoms with van der Waals surface area (Å²) in [6, 6.07) is 4.54. The molecule has 8 nitrogen and oxygen atoms in total. The van der Waals surface area contributed by atoms with Crippen molar-refractivity contribution in [2.75, 3.05) is 27.3 Å². The first-order valence-corrected chi connectivity index (χ1v) is 10.4. The highest BCUT2D eigenvalue weighted by Gasteiger charge is 2.35. The zero-order valence-electron chi connectivity index (χ0n) is 16.2. The van der Waals surface area contributed by atoms with Crippen LogP contribution in [0.5, 0.6) is 17.5 Å². The van der Waals surface area contributed by atoms with E-state index in [4.69, 9.17) is 14.2 Å². The number of sulfonamides is 1. The van der Waals surface area contributed by atoms with Crippen LogP contribution in [0.15, 0.2) is 35.4 Å². The lowest BCUT2D eigenvalue weighted by Crippen LogP contribution is -2.44. The highest BCUT2D eigenvalue weighted by Crippen LogP contribution is 2.32. The normalized spacial score (nSPS) is 18.1. The monoisotopic (exact) mass is 447 g/mol. The Labute approximate surface area is 171 Å². The maximum atomic E-state index is 13.0. The molecule has 1 atom stereocenters. The zero-order chi connectivity index (χ0) is 21.9. The summed E-state index contributed by atoms with van der Waals surface area (Å²) >= 11 is 0. The lowest BCUT2D eigenvalue weighted by molar-refractivity contribution is -0.141. The fourth-order valence-corrected chi connectivity index (χ4v) is 4.58. The highest BCUT2D eigenvalue weighted by molar-refractivity contribution is 7.89. The number of piperidine rings is 1. The molecule has 1 fully saturated rings. The van der Waals surface area contributed by atoms with Gasteiger partial charge in [-0.25, -0.2) is 13.4 Å². The SMILES string of the molecule is COc1ccc(S(=O)(=O)N2CCCC(Oc3nccc(C(F)(F)F)n3)C2)cc1OC. The van der Waals surface area contributed by atoms with E-state index >= 15 is 0 Å². The van der Waals surface area contributed by atoms with E-state index in [1.807, 2.05) is 0 Å². The number of rotatable bonds is 6. The van der Waals surface area contributed by atoms with Crippen molar-refractivity contribution in [2.45, 2.75) is 30.0 Å². The number of hydrogen-bond acceptors (Lipinski definition) is 7. The molecule has 30 heavy (non-hydrogen) atoms. The van der Waals surface area contributed by atoms with Gasteiger partial charge in [-0.2, -0.15) is 22.5 Å². The van der Waals surface area contributed by atoms with Gasteiger partial charge in [0.05, 0.1) is 25.7 Å². The minimum atomic E-state index is -4.63. The quantitative estimate of drug-likeness (QED) is 0.673. The van der Waals surface area contributed by atoms with Crippen molar-refractivity contribution in [3.63, 3.8) is 0 Å². The van der Waals surface area contributed by atoms with E-state index in [0.717, 1.165) is 12.3 Å². The average Bonchev–Trinajstić information content (AvgIpc) is 2.73. The van der Waals surface area contributed by atoms with Gasteiger partial charge in [-0.05, 0) is 31.0 Å². The molecule has 3 rings (SSSR count). The summed E-state index contributed by atoms with van der Waals surface area (Å²) in [4.78, 5) is 7.08. The first-order valence-electron chi connectivity index (χ1n) is 8.94. The predicted octanol–water partition coefficient (Wildman–Crippen LogP) is 2.74. The van der Waals surface area contributed by atoms with Crippen LogP contribution in [0.4, 0.5) is 13.2 Å². The van der Waals surface area contributed by atoms with E-state index in [0.29, 0.717) is 18.6 Å². The summed E-state index contributed by atoms with van der Waals surface area (Å²) in [5.74, 6) is 0.652. The van der Waals surface area contributed by atoms with Gasteiger partial charge in [-0.15, -0.1) is 0 Å². The van der Waals surface area contributed by atoms with Crippen molar-refractivity contribution in [3.05, 3.63) is 36.2 Å². The Morgan fingerprint density at radius 1 is 1.13 bits per heavy atom. The Balaban J connectivity index is 1.77. The van der Waals surface area contributed by atoms with Crippen LogP contribution < -0.4 is 14.2 Å². The van der Waals surface area contributed by atoms with E-state index in [9.17, 15) is 21.6 Å². The molecule has 1 saturated heterocycles. The molecule has 0 spiro atoms. The molecule has 0 saturated carbocycles. The number of hydrogen-bond donors (Lipinski definition) is 0. The number of benzene rings is 1. The predicted molar refractivity (Wildman–Crippen MR) is 99.0 cm³/mol. The first-order chi connectivity index (χ1) is 14.1. The van der Waals surface area contributed by atoms with E-state index in [1.165, 1.54) is 36.7 Å². The van der Waals surface area contributed by atoms with E-state index in [2.05, 4.69) is 9.97 Å². The maximum absolute atomic E-state index is 13.0. The highest BCUT2D eigenvalue weighted by atomic mass is 32.2. The molecule has 2 heterocycles. The molecule has 164 valence electrons. The molecule has 12 heteroatoms. The van der Waals surface area contributed by atoms with Crippen LogP contribution in [-0.2, 0) is 16.2 Å². The second kappa shape index (κ2) is 8.64. The van der Waals surface area contributed by atoms with Crippen molar-refractivity contribution in [1.82, 2.24) is 14.3 Å². The van der Waals surface area contributed by atoms with Crippen LogP contribution in [0, 0.1) is 0 Å². The van der Waals surface area contributed by atoms with Crippen molar-refractivity contribution >= 4 is 10.0 Å². The smallest absolute Gasteiger partial charge is 0.433 e. The van der Waals surface area contributed by atoms with Crippen LogP contribution in [0.1, 0.15) is 18.5 Å². The number of methoxy groups -OCH3 is 2. The molecule has 1 unspecified atom stereocenters. The Morgan fingerprint density at radius 3 is 2.53 bits per heavy atom. The number of alkyl halides is 3. The van der Waals surface area contributed by atoms with Gasteiger partial charge in [0.15, 0.2) is 17.2 Å². The number of nitrogens with zero attached hydrogens (tertiary/aromatic N) is 3. The summed E-state index contributed by atoms with van der Waals surface area (Å²) in [7, 11) is -1.04. The van der Waals surface area contributed by atoms with Crippen molar-refractivity contribution in [1.29, 1.82) is 0 Å². The average molecular weight is 447 g/mol. The summed E-state index contributed by atoms with van der Waals surface area (Å²) in [5.41, 5.74) is -1.13. The minimum absolute atomic E-state index is 0.0103. The molecule has 2 aromatic rings. The molecule has 0 amide bonds. The summed E-state index contributed by atoms with van der Waals surface area (Å²) < 4.78 is 81.5. The van der Waals surface area contributed by atoms with Gasteiger partial charge < -0.3 is 14.2 Å². The van der Waals surface area contributed by atoms with Gasteiger partial charge in [0.1, 0.15) is 6.10 Å². The number of aromatic nitrogens is 2. The molecular weight excluding hydrogens is 427 g/mol. The second-order valence-corrected chi connectivity index (χ2v) is 8.42. The molecule has 0 aliphatic carbocycles. The fraction of sp³-hybridized carbons (Fsp3) is 0.444. The third-order valence-corrected chi connectivity index (χ3v) is 6.39. The zero-order valence-corrected chi connectivity index (χ0v) is 17.0. The second-order valence-electron chi connectivity index (χ2n) is 6.48. The Hall–Kier alpha value is -2.60. The molecule has 1 aliphatic heterocycles. The fourth-order valence-electron chi connectivity index (χ4n) is 3.05. The molecule has 0 N–H and O–H groups in total. The van der Waals surface area contributed by atoms with Gasteiger partial charge in [-0.3, -0.25) is 0 Å². The molecule has 1 aromatic carbocycles. The molecule has 0 radical (unpaired) electrons. The standard InChI is InChI=1S/C18H20F3N3O5S/c1-27-14-6-5-13(10-15(14)28-2)30(25,26)24-9-3-4-12(11-24)29-17-22-8-7-16(23-17)18(19,20)21/h5-8,10,12H,3-4,9,11H2,1-2H3. The molecule has 0 bridgehead atoms. The van der Waals surface area contributed by atoms with Crippen LogP contribution >= 0.6 is 0 Å². The van der Waals surface area contributed by atoms with Gasteiger partial charge in [-0.1, -0.05) is 0 Å². The van der Waals surface area contributed by atoms with E-state index in [1.54, 1.807) is 0 Å². The molecule has 1 aliphatic rings. The summed E-state index contributed by atoms with van der Waals surface area (Å²) in [6.07, 6.45) is -3.44. The van der Waals surface area contributed by atoms with E-state index in [-0.39, 0.29) is 23.7 Å². The van der Waals surface area contributed by atoms with Crippen molar-refractivity contribution in [3.8, 4) is 17.5 Å². The Bertz CT molecular complexity index is 1000. The van der Waals surface area contributed by atoms with Gasteiger partial charge in [0.25, 0.3) is 0 Å². The largest absolute Gasteiger partial charge is 0.493 e. The van der Waals surface area contributed by atoms with Crippen molar-refractivity contribution in [2.24, 2.45) is 0 Å². The Kier molecular flexibility index (Phi) is 6.36. The lowest BCUT2D eigenvalue weighted by Gasteiger charge is -2.31. The van der Waals surface area contributed by atoms with Gasteiger partial charge in [0, 0.05) is 18.8 Å². The summed E-state index contributed by atoms with van der Waals surface area (Å²) in [6.45, 7) is 0.205. The van der Waals surface area contributed by atoms with Crippen LogP contribution in [0.2, 0.25) is 0 Å². The topological polar surface area (TPSA) is 90.9 Å². The number of ether oxygens (including phenoxy) is 3. The van der Waals surface area contributed by atoms with E-state index < -0.39 is 34.0 Å². The minimum Gasteiger partial charge on any atom is -0.493 e. The van der Waals surface area contributed by atoms with Crippen molar-refractivity contribution < 1.29 is 35.8 Å². The first kappa shape index (κ1) is 22.1. The lowest BCUT2D eigenvalue weighted by atomic mass is 10.1. The van der Waals surface area contributed by atoms with Gasteiger partial charge >= 0.3 is 12.2 Å². The maximum Gasteiger partial charge on any atom is 0.433 e. The molecule has 1 aromatic heterocycles. The van der Waals surface area contributed by atoms with Crippen LogP contribution in [-0.4, -0.2) is 56.1 Å². The number of halogens is 3.